The Kier molecular flexibility index (Phi) is 3.68. The lowest BCUT2D eigenvalue weighted by atomic mass is 9.99. The molecule has 1 aromatic carbocycles. The molecule has 2 heterocycles. The molecular weight excluding hydrogens is 368 g/mol. The van der Waals surface area contributed by atoms with Crippen molar-refractivity contribution in [3.8, 4) is 5.88 Å². The number of rotatable bonds is 3. The molecule has 0 fully saturated rings. The summed E-state index contributed by atoms with van der Waals surface area (Å²) in [4.78, 5) is 12.4. The minimum atomic E-state index is -4.06. The van der Waals surface area contributed by atoms with Gasteiger partial charge in [0.25, 0.3) is 10.0 Å². The van der Waals surface area contributed by atoms with E-state index in [4.69, 9.17) is 4.74 Å². The normalized spacial score (nSPS) is 17.2. The number of sulfonamides is 1. The molecule has 0 saturated carbocycles. The number of benzene rings is 1. The lowest BCUT2D eigenvalue weighted by molar-refractivity contribution is 0.256. The van der Waals surface area contributed by atoms with Crippen LogP contribution in [0, 0.1) is 0 Å². The highest BCUT2D eigenvalue weighted by atomic mass is 32.2. The molecule has 0 spiro atoms. The maximum absolute atomic E-state index is 12.6. The highest BCUT2D eigenvalue weighted by molar-refractivity contribution is 7.90. The van der Waals surface area contributed by atoms with E-state index in [-0.39, 0.29) is 10.8 Å². The number of anilines is 1. The van der Waals surface area contributed by atoms with Gasteiger partial charge in [0.05, 0.1) is 12.7 Å². The smallest absolute Gasteiger partial charge is 0.333 e. The first-order valence-electron chi connectivity index (χ1n) is 9.22. The van der Waals surface area contributed by atoms with Crippen LogP contribution in [0.5, 0.6) is 5.88 Å². The van der Waals surface area contributed by atoms with Crippen molar-refractivity contribution >= 4 is 21.7 Å². The first-order chi connectivity index (χ1) is 13.0. The van der Waals surface area contributed by atoms with Gasteiger partial charge in [0.1, 0.15) is 6.61 Å². The second-order valence-corrected chi connectivity index (χ2v) is 8.83. The highest BCUT2D eigenvalue weighted by Gasteiger charge is 2.30. The molecule has 8 nitrogen and oxygen atoms in total. The molecule has 3 aliphatic rings. The fourth-order valence-corrected chi connectivity index (χ4v) is 5.34. The summed E-state index contributed by atoms with van der Waals surface area (Å²) in [6.45, 7) is 0.875. The molecule has 0 atom stereocenters. The van der Waals surface area contributed by atoms with Crippen molar-refractivity contribution in [2.45, 2.75) is 50.0 Å². The first kappa shape index (κ1) is 16.6. The standard InChI is InChI=1S/C18H20N4O4S/c23-18(21-27(24,25)15-10-19-22-7-8-26-17(15)22)20-16-13-5-1-3-11(13)9-12-4-2-6-14(12)16/h9-10H,1-8H2,(H2,20,21,23). The fraction of sp³-hybridized carbons (Fsp3) is 0.444. The summed E-state index contributed by atoms with van der Waals surface area (Å²) in [5.74, 6) is 0.178. The van der Waals surface area contributed by atoms with Crippen molar-refractivity contribution in [3.63, 3.8) is 0 Å². The molecule has 2 amide bonds. The zero-order valence-corrected chi connectivity index (χ0v) is 15.6. The minimum absolute atomic E-state index is 0.112. The summed E-state index contributed by atoms with van der Waals surface area (Å²) in [7, 11) is -4.06. The molecule has 2 N–H and O–H groups in total. The largest absolute Gasteiger partial charge is 0.475 e. The van der Waals surface area contributed by atoms with Gasteiger partial charge in [0.2, 0.25) is 5.88 Å². The van der Waals surface area contributed by atoms with Gasteiger partial charge in [-0.1, -0.05) is 6.07 Å². The number of amides is 2. The number of carbonyl (C=O) groups excluding carboxylic acids is 1. The second-order valence-electron chi connectivity index (χ2n) is 7.18. The van der Waals surface area contributed by atoms with Gasteiger partial charge in [-0.3, -0.25) is 0 Å². The van der Waals surface area contributed by atoms with E-state index in [2.05, 4.69) is 21.2 Å². The lowest BCUT2D eigenvalue weighted by Gasteiger charge is -2.16. The van der Waals surface area contributed by atoms with E-state index in [1.165, 1.54) is 22.0 Å². The SMILES string of the molecule is O=C(Nc1c2c(cc3c1CCC3)CCC2)NS(=O)(=O)c1cnn2c1OCC2. The third-order valence-electron chi connectivity index (χ3n) is 5.53. The van der Waals surface area contributed by atoms with Crippen LogP contribution in [0.2, 0.25) is 0 Å². The van der Waals surface area contributed by atoms with Crippen LogP contribution >= 0.6 is 0 Å². The maximum atomic E-state index is 12.6. The van der Waals surface area contributed by atoms with Crippen LogP contribution in [-0.2, 0) is 42.3 Å². The van der Waals surface area contributed by atoms with Crippen molar-refractivity contribution in [3.05, 3.63) is 34.5 Å². The van der Waals surface area contributed by atoms with Crippen molar-refractivity contribution in [2.75, 3.05) is 11.9 Å². The molecular formula is C18H20N4O4S. The lowest BCUT2D eigenvalue weighted by Crippen LogP contribution is -2.35. The van der Waals surface area contributed by atoms with E-state index >= 15 is 0 Å². The van der Waals surface area contributed by atoms with Crippen molar-refractivity contribution in [2.24, 2.45) is 0 Å². The first-order valence-corrected chi connectivity index (χ1v) is 10.7. The van der Waals surface area contributed by atoms with E-state index in [0.29, 0.717) is 13.2 Å². The third kappa shape index (κ3) is 2.68. The quantitative estimate of drug-likeness (QED) is 0.834. The van der Waals surface area contributed by atoms with Gasteiger partial charge in [-0.25, -0.2) is 22.6 Å². The molecule has 0 saturated heterocycles. The summed E-state index contributed by atoms with van der Waals surface area (Å²) in [6, 6.07) is 1.51. The van der Waals surface area contributed by atoms with Gasteiger partial charge >= 0.3 is 6.03 Å². The van der Waals surface area contributed by atoms with Gasteiger partial charge in [0, 0.05) is 5.69 Å². The zero-order chi connectivity index (χ0) is 18.6. The maximum Gasteiger partial charge on any atom is 0.333 e. The van der Waals surface area contributed by atoms with Crippen LogP contribution in [0.1, 0.15) is 35.1 Å². The Hall–Kier alpha value is -2.55. The van der Waals surface area contributed by atoms with E-state index in [1.54, 1.807) is 0 Å². The van der Waals surface area contributed by atoms with Crippen molar-refractivity contribution in [1.82, 2.24) is 14.5 Å². The van der Waals surface area contributed by atoms with Crippen LogP contribution in [0.15, 0.2) is 17.2 Å². The monoisotopic (exact) mass is 388 g/mol. The second kappa shape index (κ2) is 5.98. The van der Waals surface area contributed by atoms with Crippen LogP contribution in [0.3, 0.4) is 0 Å². The predicted octanol–water partition coefficient (Wildman–Crippen LogP) is 1.76. The van der Waals surface area contributed by atoms with E-state index in [9.17, 15) is 13.2 Å². The molecule has 27 heavy (non-hydrogen) atoms. The number of hydrogen-bond acceptors (Lipinski definition) is 5. The van der Waals surface area contributed by atoms with E-state index in [0.717, 1.165) is 55.3 Å². The Bertz CT molecular complexity index is 1030. The van der Waals surface area contributed by atoms with Gasteiger partial charge in [-0.05, 0) is 60.8 Å². The topological polar surface area (TPSA) is 102 Å². The summed E-state index contributed by atoms with van der Waals surface area (Å²) < 4.78 is 34.1. The molecule has 0 bridgehead atoms. The summed E-state index contributed by atoms with van der Waals surface area (Å²) in [5.41, 5.74) is 5.66. The molecule has 0 radical (unpaired) electrons. The third-order valence-corrected chi connectivity index (χ3v) is 6.84. The van der Waals surface area contributed by atoms with Gasteiger partial charge in [-0.15, -0.1) is 0 Å². The Morgan fingerprint density at radius 1 is 1.11 bits per heavy atom. The van der Waals surface area contributed by atoms with Crippen LogP contribution in [-0.4, -0.2) is 30.8 Å². The zero-order valence-electron chi connectivity index (χ0n) is 14.7. The molecule has 2 aliphatic carbocycles. The van der Waals surface area contributed by atoms with Gasteiger partial charge < -0.3 is 10.1 Å². The Morgan fingerprint density at radius 3 is 2.52 bits per heavy atom. The summed E-state index contributed by atoms with van der Waals surface area (Å²) in [5, 5.41) is 6.82. The number of fused-ring (bicyclic) bond motifs is 3. The molecule has 2 aromatic rings. The van der Waals surface area contributed by atoms with Crippen LogP contribution in [0.25, 0.3) is 0 Å². The highest BCUT2D eigenvalue weighted by Crippen LogP contribution is 2.38. The Labute approximate surface area is 156 Å². The number of aromatic nitrogens is 2. The van der Waals surface area contributed by atoms with Crippen molar-refractivity contribution < 1.29 is 17.9 Å². The Morgan fingerprint density at radius 2 is 1.81 bits per heavy atom. The van der Waals surface area contributed by atoms with Crippen LogP contribution < -0.4 is 14.8 Å². The Balaban J connectivity index is 1.42. The van der Waals surface area contributed by atoms with E-state index in [1.807, 2.05) is 0 Å². The number of hydrogen-bond donors (Lipinski definition) is 2. The summed E-state index contributed by atoms with van der Waals surface area (Å²) >= 11 is 0. The van der Waals surface area contributed by atoms with E-state index < -0.39 is 16.1 Å². The van der Waals surface area contributed by atoms with Crippen molar-refractivity contribution in [1.29, 1.82) is 0 Å². The molecule has 0 unspecified atom stereocenters. The minimum Gasteiger partial charge on any atom is -0.475 e. The molecule has 1 aromatic heterocycles. The number of urea groups is 1. The average Bonchev–Trinajstić information content (AvgIpc) is 3.37. The molecule has 9 heteroatoms. The number of aryl methyl sites for hydroxylation is 2. The molecule has 142 valence electrons. The van der Waals surface area contributed by atoms with Gasteiger partial charge in [-0.2, -0.15) is 5.10 Å². The van der Waals surface area contributed by atoms with Crippen LogP contribution in [0.4, 0.5) is 10.5 Å². The number of nitrogens with one attached hydrogen (secondary N) is 2. The summed E-state index contributed by atoms with van der Waals surface area (Å²) in [6.07, 6.45) is 7.18. The molecule has 5 rings (SSSR count). The number of ether oxygens (including phenoxy) is 1. The number of nitrogens with zero attached hydrogens (tertiary/aromatic N) is 2. The molecule has 1 aliphatic heterocycles. The number of carbonyl (C=O) groups is 1. The predicted molar refractivity (Wildman–Crippen MR) is 97.6 cm³/mol. The fourth-order valence-electron chi connectivity index (χ4n) is 4.36. The van der Waals surface area contributed by atoms with Gasteiger partial charge in [0.15, 0.2) is 4.90 Å². The average molecular weight is 388 g/mol.